The molecule has 8 heteroatoms. The molecule has 3 N–H and O–H groups in total. The molecule has 1 fully saturated rings. The number of nitrogens with one attached hydrogen (secondary N) is 2. The minimum atomic E-state index is -0.272. The molecule has 0 radical (unpaired) electrons. The van der Waals surface area contributed by atoms with Gasteiger partial charge in [-0.1, -0.05) is 32.0 Å². The van der Waals surface area contributed by atoms with Gasteiger partial charge in [0.05, 0.1) is 30.1 Å². The highest BCUT2D eigenvalue weighted by Crippen LogP contribution is 2.20. The molecule has 1 saturated heterocycles. The lowest BCUT2D eigenvalue weighted by Crippen LogP contribution is -2.48. The van der Waals surface area contributed by atoms with Crippen LogP contribution >= 0.6 is 0 Å². The molecule has 3 rings (SSSR count). The maximum atomic E-state index is 12.7. The average Bonchev–Trinajstić information content (AvgIpc) is 2.73. The van der Waals surface area contributed by atoms with Crippen molar-refractivity contribution in [1.29, 1.82) is 0 Å². The summed E-state index contributed by atoms with van der Waals surface area (Å²) >= 11 is 0. The van der Waals surface area contributed by atoms with Crippen molar-refractivity contribution in [1.82, 2.24) is 20.4 Å². The van der Waals surface area contributed by atoms with Crippen molar-refractivity contribution in [3.05, 3.63) is 40.3 Å². The van der Waals surface area contributed by atoms with E-state index >= 15 is 0 Å². The van der Waals surface area contributed by atoms with Crippen molar-refractivity contribution in [3.8, 4) is 0 Å². The number of hydrogen-bond acceptors (Lipinski definition) is 5. The summed E-state index contributed by atoms with van der Waals surface area (Å²) in [5.74, 6) is -0.119. The first-order valence-electron chi connectivity index (χ1n) is 10.1. The van der Waals surface area contributed by atoms with Crippen LogP contribution in [0.15, 0.2) is 29.1 Å². The number of benzene rings is 1. The second-order valence-corrected chi connectivity index (χ2v) is 7.92. The number of carbonyl (C=O) groups excluding carboxylic acids is 2. The van der Waals surface area contributed by atoms with Gasteiger partial charge in [-0.15, -0.1) is 0 Å². The molecule has 1 aromatic carbocycles. The molecule has 0 bridgehead atoms. The van der Waals surface area contributed by atoms with E-state index in [1.54, 1.807) is 23.1 Å². The van der Waals surface area contributed by atoms with Crippen molar-refractivity contribution in [2.24, 2.45) is 11.8 Å². The number of aromatic amines is 1. The number of H-pyrrole nitrogens is 1. The summed E-state index contributed by atoms with van der Waals surface area (Å²) in [6.07, 6.45) is 1.29. The third kappa shape index (κ3) is 4.82. The molecule has 2 heterocycles. The number of carbonyl (C=O) groups is 2. The van der Waals surface area contributed by atoms with E-state index in [2.05, 4.69) is 15.5 Å². The molecule has 1 atom stereocenters. The molecule has 1 aliphatic rings. The van der Waals surface area contributed by atoms with E-state index in [1.807, 2.05) is 19.9 Å². The largest absolute Gasteiger partial charge is 0.394 e. The van der Waals surface area contributed by atoms with Gasteiger partial charge in [0.15, 0.2) is 0 Å². The Morgan fingerprint density at radius 2 is 1.90 bits per heavy atom. The highest BCUT2D eigenvalue weighted by Gasteiger charge is 2.29. The fraction of sp³-hybridized carbons (Fsp3) is 0.524. The Balaban J connectivity index is 1.59. The van der Waals surface area contributed by atoms with Crippen molar-refractivity contribution in [2.45, 2.75) is 39.2 Å². The first-order valence-corrected chi connectivity index (χ1v) is 10.1. The lowest BCUT2D eigenvalue weighted by atomic mass is 9.94. The third-order valence-electron chi connectivity index (χ3n) is 5.64. The van der Waals surface area contributed by atoms with Crippen molar-refractivity contribution in [3.63, 3.8) is 0 Å². The summed E-state index contributed by atoms with van der Waals surface area (Å²) < 4.78 is 0. The first kappa shape index (κ1) is 21.0. The second kappa shape index (κ2) is 9.17. The lowest BCUT2D eigenvalue weighted by molar-refractivity contribution is -0.135. The van der Waals surface area contributed by atoms with E-state index in [1.165, 1.54) is 0 Å². The Hall–Kier alpha value is -2.74. The van der Waals surface area contributed by atoms with Gasteiger partial charge >= 0.3 is 0 Å². The van der Waals surface area contributed by atoms with E-state index in [0.29, 0.717) is 42.4 Å². The normalized spacial score (nSPS) is 16.2. The van der Waals surface area contributed by atoms with Gasteiger partial charge < -0.3 is 15.3 Å². The maximum absolute atomic E-state index is 12.7. The second-order valence-electron chi connectivity index (χ2n) is 7.92. The standard InChI is InChI=1S/C21H28N4O4/c1-13(2)18(12-26)22-20(28)14-7-9-25(10-8-14)19(27)11-17-15-5-3-4-6-16(15)21(29)24-23-17/h3-6,13-14,18,26H,7-12H2,1-2H3,(H,22,28)(H,24,29). The zero-order valence-electron chi connectivity index (χ0n) is 16.9. The van der Waals surface area contributed by atoms with E-state index in [0.717, 1.165) is 0 Å². The van der Waals surface area contributed by atoms with Gasteiger partial charge in [0.2, 0.25) is 11.8 Å². The molecule has 1 aliphatic heterocycles. The molecule has 1 aromatic heterocycles. The molecule has 0 saturated carbocycles. The van der Waals surface area contributed by atoms with Gasteiger partial charge in [0, 0.05) is 24.4 Å². The molecule has 29 heavy (non-hydrogen) atoms. The van der Waals surface area contributed by atoms with Crippen LogP contribution in [0.4, 0.5) is 0 Å². The van der Waals surface area contributed by atoms with E-state index in [-0.39, 0.29) is 48.3 Å². The number of rotatable bonds is 6. The van der Waals surface area contributed by atoms with Crippen LogP contribution in [-0.4, -0.2) is 57.8 Å². The predicted octanol–water partition coefficient (Wildman–Crippen LogP) is 0.837. The summed E-state index contributed by atoms with van der Waals surface area (Å²) in [7, 11) is 0. The number of amides is 2. The topological polar surface area (TPSA) is 115 Å². The van der Waals surface area contributed by atoms with Gasteiger partial charge in [0.25, 0.3) is 5.56 Å². The average molecular weight is 400 g/mol. The monoisotopic (exact) mass is 400 g/mol. The summed E-state index contributed by atoms with van der Waals surface area (Å²) in [5.41, 5.74) is 0.277. The Kier molecular flexibility index (Phi) is 6.64. The van der Waals surface area contributed by atoms with Crippen LogP contribution in [-0.2, 0) is 16.0 Å². The van der Waals surface area contributed by atoms with Gasteiger partial charge in [-0.2, -0.15) is 5.10 Å². The molecule has 0 aliphatic carbocycles. The molecule has 1 unspecified atom stereocenters. The Bertz CT molecular complexity index is 932. The van der Waals surface area contributed by atoms with E-state index in [4.69, 9.17) is 0 Å². The fourth-order valence-corrected chi connectivity index (χ4v) is 3.68. The van der Waals surface area contributed by atoms with Crippen LogP contribution in [0, 0.1) is 11.8 Å². The van der Waals surface area contributed by atoms with Gasteiger partial charge in [-0.3, -0.25) is 14.4 Å². The highest BCUT2D eigenvalue weighted by molar-refractivity contribution is 5.88. The fourth-order valence-electron chi connectivity index (χ4n) is 3.68. The highest BCUT2D eigenvalue weighted by atomic mass is 16.3. The van der Waals surface area contributed by atoms with Gasteiger partial charge in [-0.05, 0) is 24.8 Å². The van der Waals surface area contributed by atoms with Crippen molar-refractivity contribution < 1.29 is 14.7 Å². The molecule has 156 valence electrons. The summed E-state index contributed by atoms with van der Waals surface area (Å²) in [5, 5.41) is 20.0. The van der Waals surface area contributed by atoms with Crippen molar-refractivity contribution in [2.75, 3.05) is 19.7 Å². The Morgan fingerprint density at radius 1 is 1.24 bits per heavy atom. The van der Waals surface area contributed by atoms with Gasteiger partial charge in [-0.25, -0.2) is 5.10 Å². The van der Waals surface area contributed by atoms with Crippen LogP contribution in [0.1, 0.15) is 32.4 Å². The molecular weight excluding hydrogens is 372 g/mol. The maximum Gasteiger partial charge on any atom is 0.272 e. The van der Waals surface area contributed by atoms with Crippen LogP contribution in [0.5, 0.6) is 0 Å². The van der Waals surface area contributed by atoms with Crippen molar-refractivity contribution >= 4 is 22.6 Å². The molecule has 8 nitrogen and oxygen atoms in total. The smallest absolute Gasteiger partial charge is 0.272 e. The summed E-state index contributed by atoms with van der Waals surface area (Å²) in [6, 6.07) is 6.85. The van der Waals surface area contributed by atoms with E-state index in [9.17, 15) is 19.5 Å². The number of nitrogens with zero attached hydrogens (tertiary/aromatic N) is 2. The van der Waals surface area contributed by atoms with E-state index < -0.39 is 0 Å². The number of likely N-dealkylation sites (tertiary alicyclic amines) is 1. The predicted molar refractivity (Wildman–Crippen MR) is 109 cm³/mol. The quantitative estimate of drug-likeness (QED) is 0.665. The Labute approximate surface area is 169 Å². The summed E-state index contributed by atoms with van der Waals surface area (Å²) in [6.45, 7) is 4.84. The van der Waals surface area contributed by atoms with Crippen LogP contribution in [0.3, 0.4) is 0 Å². The molecule has 2 amide bonds. The number of aliphatic hydroxyl groups excluding tert-OH is 1. The zero-order chi connectivity index (χ0) is 21.0. The minimum Gasteiger partial charge on any atom is -0.394 e. The Morgan fingerprint density at radius 3 is 2.52 bits per heavy atom. The number of piperidine rings is 1. The van der Waals surface area contributed by atoms with Gasteiger partial charge in [0.1, 0.15) is 0 Å². The number of fused-ring (bicyclic) bond motifs is 1. The van der Waals surface area contributed by atoms with Crippen LogP contribution < -0.4 is 10.9 Å². The lowest BCUT2D eigenvalue weighted by Gasteiger charge is -2.32. The first-order chi connectivity index (χ1) is 13.9. The molecular formula is C21H28N4O4. The SMILES string of the molecule is CC(C)C(CO)NC(=O)C1CCN(C(=O)Cc2n[nH]c(=O)c3ccccc23)CC1. The van der Waals surface area contributed by atoms with Crippen LogP contribution in [0.25, 0.3) is 10.8 Å². The number of aliphatic hydroxyl groups is 1. The number of aromatic nitrogens is 2. The summed E-state index contributed by atoms with van der Waals surface area (Å²) in [4.78, 5) is 38.8. The zero-order valence-corrected chi connectivity index (χ0v) is 16.9. The molecule has 0 spiro atoms. The molecule has 2 aromatic rings. The van der Waals surface area contributed by atoms with Crippen LogP contribution in [0.2, 0.25) is 0 Å². The number of hydrogen-bond donors (Lipinski definition) is 3. The minimum absolute atomic E-state index is 0.0573. The third-order valence-corrected chi connectivity index (χ3v) is 5.64.